The van der Waals surface area contributed by atoms with Crippen molar-refractivity contribution in [2.24, 2.45) is 0 Å². The first-order chi connectivity index (χ1) is 9.26. The van der Waals surface area contributed by atoms with Gasteiger partial charge in [-0.1, -0.05) is 31.5 Å². The maximum Gasteiger partial charge on any atom is 0.204 e. The number of benzene rings is 1. The summed E-state index contributed by atoms with van der Waals surface area (Å²) in [5.41, 5.74) is 8.02. The molecule has 1 aromatic heterocycles. The second-order valence-corrected chi connectivity index (χ2v) is 4.17. The summed E-state index contributed by atoms with van der Waals surface area (Å²) in [7, 11) is 1.55. The van der Waals surface area contributed by atoms with Crippen molar-refractivity contribution in [1.29, 1.82) is 0 Å². The van der Waals surface area contributed by atoms with Crippen LogP contribution in [0.2, 0.25) is 0 Å². The normalized spacial score (nSPS) is 10.2. The molecule has 0 unspecified atom stereocenters. The number of para-hydroxylation sites is 1. The van der Waals surface area contributed by atoms with Crippen LogP contribution in [-0.2, 0) is 6.42 Å². The maximum absolute atomic E-state index is 5.77. The van der Waals surface area contributed by atoms with Gasteiger partial charge in [0.1, 0.15) is 6.33 Å². The van der Waals surface area contributed by atoms with E-state index in [1.54, 1.807) is 7.11 Å². The number of nitrogens with one attached hydrogen (secondary N) is 1. The Hall–Kier alpha value is -2.30. The summed E-state index contributed by atoms with van der Waals surface area (Å²) in [6, 6.07) is 8.13. The van der Waals surface area contributed by atoms with E-state index in [9.17, 15) is 0 Å². The van der Waals surface area contributed by atoms with Gasteiger partial charge in [-0.25, -0.2) is 9.97 Å². The summed E-state index contributed by atoms with van der Waals surface area (Å²) < 4.78 is 5.24. The highest BCUT2D eigenvalue weighted by atomic mass is 16.5. The van der Waals surface area contributed by atoms with Crippen LogP contribution in [0.15, 0.2) is 30.6 Å². The first-order valence-corrected chi connectivity index (χ1v) is 6.25. The molecule has 0 amide bonds. The Morgan fingerprint density at radius 3 is 2.79 bits per heavy atom. The average molecular weight is 258 g/mol. The zero-order valence-electron chi connectivity index (χ0n) is 11.2. The molecule has 5 nitrogen and oxygen atoms in total. The number of nitrogens with two attached hydrogens (primary N) is 1. The topological polar surface area (TPSA) is 73.1 Å². The van der Waals surface area contributed by atoms with Crippen LogP contribution >= 0.6 is 0 Å². The Bertz CT molecular complexity index is 557. The predicted molar refractivity (Wildman–Crippen MR) is 76.7 cm³/mol. The van der Waals surface area contributed by atoms with E-state index in [0.717, 1.165) is 18.5 Å². The Labute approximate surface area is 112 Å². The molecule has 100 valence electrons. The summed E-state index contributed by atoms with van der Waals surface area (Å²) in [4.78, 5) is 8.09. The van der Waals surface area contributed by atoms with Crippen LogP contribution < -0.4 is 15.8 Å². The number of hydrogen-bond acceptors (Lipinski definition) is 5. The average Bonchev–Trinajstić information content (AvgIpc) is 2.41. The van der Waals surface area contributed by atoms with Crippen molar-refractivity contribution in [2.45, 2.75) is 19.8 Å². The molecule has 0 fully saturated rings. The molecule has 0 bridgehead atoms. The lowest BCUT2D eigenvalue weighted by molar-refractivity contribution is 0.415. The van der Waals surface area contributed by atoms with Gasteiger partial charge in [0.05, 0.1) is 7.11 Å². The van der Waals surface area contributed by atoms with Crippen molar-refractivity contribution in [1.82, 2.24) is 9.97 Å². The minimum atomic E-state index is 0.327. The summed E-state index contributed by atoms with van der Waals surface area (Å²) in [5, 5.41) is 3.26. The van der Waals surface area contributed by atoms with E-state index in [4.69, 9.17) is 10.5 Å². The highest BCUT2D eigenvalue weighted by Crippen LogP contribution is 2.30. The number of aromatic nitrogens is 2. The Morgan fingerprint density at radius 2 is 2.05 bits per heavy atom. The molecule has 0 aliphatic rings. The van der Waals surface area contributed by atoms with Crippen LogP contribution in [0.25, 0.3) is 0 Å². The van der Waals surface area contributed by atoms with Crippen molar-refractivity contribution in [3.63, 3.8) is 0 Å². The molecule has 2 rings (SSSR count). The maximum atomic E-state index is 5.77. The van der Waals surface area contributed by atoms with Crippen LogP contribution in [0.4, 0.5) is 17.3 Å². The van der Waals surface area contributed by atoms with Crippen molar-refractivity contribution in [2.75, 3.05) is 18.2 Å². The molecule has 19 heavy (non-hydrogen) atoms. The minimum absolute atomic E-state index is 0.327. The molecule has 0 aliphatic carbocycles. The molecule has 2 aromatic rings. The minimum Gasteiger partial charge on any atom is -0.490 e. The van der Waals surface area contributed by atoms with Gasteiger partial charge < -0.3 is 15.8 Å². The number of methoxy groups -OCH3 is 1. The largest absolute Gasteiger partial charge is 0.490 e. The lowest BCUT2D eigenvalue weighted by atomic mass is 10.1. The van der Waals surface area contributed by atoms with Gasteiger partial charge >= 0.3 is 0 Å². The second kappa shape index (κ2) is 6.04. The SMILES string of the molecule is CCCc1ccccc1Nc1ncnc(N)c1OC. The Balaban J connectivity index is 2.33. The number of nitrogen functional groups attached to an aromatic ring is 1. The second-order valence-electron chi connectivity index (χ2n) is 4.17. The molecule has 1 aromatic carbocycles. The number of rotatable bonds is 5. The van der Waals surface area contributed by atoms with Crippen LogP contribution in [0.1, 0.15) is 18.9 Å². The van der Waals surface area contributed by atoms with Gasteiger partial charge in [0.2, 0.25) is 5.75 Å². The zero-order chi connectivity index (χ0) is 13.7. The monoisotopic (exact) mass is 258 g/mol. The summed E-state index contributed by atoms with van der Waals surface area (Å²) in [5.74, 6) is 1.38. The van der Waals surface area contributed by atoms with E-state index in [-0.39, 0.29) is 0 Å². The van der Waals surface area contributed by atoms with Crippen molar-refractivity contribution in [3.8, 4) is 5.75 Å². The molecule has 0 aliphatic heterocycles. The smallest absolute Gasteiger partial charge is 0.204 e. The summed E-state index contributed by atoms with van der Waals surface area (Å²) in [6.45, 7) is 2.15. The van der Waals surface area contributed by atoms with Gasteiger partial charge in [-0.3, -0.25) is 0 Å². The van der Waals surface area contributed by atoms with E-state index in [1.165, 1.54) is 11.9 Å². The third-order valence-electron chi connectivity index (χ3n) is 2.83. The zero-order valence-corrected chi connectivity index (χ0v) is 11.2. The quantitative estimate of drug-likeness (QED) is 0.862. The third kappa shape index (κ3) is 2.93. The molecule has 0 spiro atoms. The van der Waals surface area contributed by atoms with Crippen molar-refractivity contribution >= 4 is 17.3 Å². The highest BCUT2D eigenvalue weighted by molar-refractivity contribution is 5.69. The number of ether oxygens (including phenoxy) is 1. The van der Waals surface area contributed by atoms with E-state index in [0.29, 0.717) is 17.4 Å². The lowest BCUT2D eigenvalue weighted by Gasteiger charge is -2.13. The van der Waals surface area contributed by atoms with Crippen molar-refractivity contribution in [3.05, 3.63) is 36.2 Å². The molecular formula is C14H18N4O. The standard InChI is InChI=1S/C14H18N4O/c1-3-6-10-7-4-5-8-11(10)18-14-12(19-2)13(15)16-9-17-14/h4-5,7-9H,3,6H2,1-2H3,(H3,15,16,17,18). The van der Waals surface area contributed by atoms with Gasteiger partial charge in [0.25, 0.3) is 0 Å². The molecule has 0 saturated heterocycles. The van der Waals surface area contributed by atoms with Gasteiger partial charge in [-0.05, 0) is 18.1 Å². The van der Waals surface area contributed by atoms with Crippen LogP contribution in [0.3, 0.4) is 0 Å². The molecule has 0 radical (unpaired) electrons. The first-order valence-electron chi connectivity index (χ1n) is 6.25. The first kappa shape index (κ1) is 13.1. The highest BCUT2D eigenvalue weighted by Gasteiger charge is 2.11. The third-order valence-corrected chi connectivity index (χ3v) is 2.83. The molecule has 0 atom stereocenters. The molecule has 0 saturated carbocycles. The fourth-order valence-corrected chi connectivity index (χ4v) is 1.93. The number of hydrogen-bond donors (Lipinski definition) is 2. The van der Waals surface area contributed by atoms with E-state index in [1.807, 2.05) is 18.2 Å². The fraction of sp³-hybridized carbons (Fsp3) is 0.286. The fourth-order valence-electron chi connectivity index (χ4n) is 1.93. The Morgan fingerprint density at radius 1 is 1.26 bits per heavy atom. The van der Waals surface area contributed by atoms with Gasteiger partial charge in [0.15, 0.2) is 11.6 Å². The summed E-state index contributed by atoms with van der Waals surface area (Å²) >= 11 is 0. The molecule has 5 heteroatoms. The van der Waals surface area contributed by atoms with E-state index < -0.39 is 0 Å². The predicted octanol–water partition coefficient (Wildman–Crippen LogP) is 2.76. The van der Waals surface area contributed by atoms with E-state index >= 15 is 0 Å². The molecule has 1 heterocycles. The lowest BCUT2D eigenvalue weighted by Crippen LogP contribution is -2.04. The van der Waals surface area contributed by atoms with Crippen LogP contribution in [0.5, 0.6) is 5.75 Å². The van der Waals surface area contributed by atoms with Gasteiger partial charge in [0, 0.05) is 5.69 Å². The van der Waals surface area contributed by atoms with E-state index in [2.05, 4.69) is 28.3 Å². The number of nitrogens with zero attached hydrogens (tertiary/aromatic N) is 2. The van der Waals surface area contributed by atoms with Crippen molar-refractivity contribution < 1.29 is 4.74 Å². The number of aryl methyl sites for hydroxylation is 1. The molecular weight excluding hydrogens is 240 g/mol. The van der Waals surface area contributed by atoms with Gasteiger partial charge in [-0.2, -0.15) is 0 Å². The number of anilines is 3. The summed E-state index contributed by atoms with van der Waals surface area (Å²) in [6.07, 6.45) is 3.51. The Kier molecular flexibility index (Phi) is 4.18. The van der Waals surface area contributed by atoms with Crippen LogP contribution in [0, 0.1) is 0 Å². The van der Waals surface area contributed by atoms with Gasteiger partial charge in [-0.15, -0.1) is 0 Å². The molecule has 3 N–H and O–H groups in total. The van der Waals surface area contributed by atoms with Crippen LogP contribution in [-0.4, -0.2) is 17.1 Å².